The van der Waals surface area contributed by atoms with Crippen molar-refractivity contribution in [1.29, 1.82) is 0 Å². The van der Waals surface area contributed by atoms with Gasteiger partial charge in [0.25, 0.3) is 5.91 Å². The van der Waals surface area contributed by atoms with E-state index in [-0.39, 0.29) is 18.4 Å². The molecule has 0 bridgehead atoms. The first-order valence-corrected chi connectivity index (χ1v) is 7.46. The molecule has 0 aromatic heterocycles. The van der Waals surface area contributed by atoms with Crippen molar-refractivity contribution in [3.05, 3.63) is 24.3 Å². The average Bonchev–Trinajstić information content (AvgIpc) is 3.06. The Morgan fingerprint density at radius 2 is 1.86 bits per heavy atom. The normalized spacial score (nSPS) is 15.3. The monoisotopic (exact) mass is 306 g/mol. The van der Waals surface area contributed by atoms with Crippen LogP contribution in [0.15, 0.2) is 24.3 Å². The number of likely N-dealkylation sites (tertiary alicyclic amines) is 1. The van der Waals surface area contributed by atoms with Gasteiger partial charge in [-0.15, -0.1) is 0 Å². The Balaban J connectivity index is 1.81. The zero-order chi connectivity index (χ0) is 15.9. The van der Waals surface area contributed by atoms with Gasteiger partial charge < -0.3 is 19.7 Å². The molecule has 0 radical (unpaired) electrons. The van der Waals surface area contributed by atoms with Gasteiger partial charge in [-0.25, -0.2) is 0 Å². The van der Waals surface area contributed by atoms with Gasteiger partial charge in [0.1, 0.15) is 6.04 Å². The fourth-order valence-electron chi connectivity index (χ4n) is 2.44. The number of carbonyl (C=O) groups is 2. The van der Waals surface area contributed by atoms with E-state index in [2.05, 4.69) is 5.32 Å². The van der Waals surface area contributed by atoms with E-state index in [0.717, 1.165) is 25.9 Å². The van der Waals surface area contributed by atoms with Gasteiger partial charge in [0.2, 0.25) is 5.91 Å². The fraction of sp³-hybridized carbons (Fsp3) is 0.500. The van der Waals surface area contributed by atoms with Crippen LogP contribution in [0.5, 0.6) is 11.5 Å². The minimum Gasteiger partial charge on any atom is -0.493 e. The van der Waals surface area contributed by atoms with Crippen molar-refractivity contribution in [2.75, 3.05) is 26.8 Å². The van der Waals surface area contributed by atoms with Crippen LogP contribution in [0.4, 0.5) is 0 Å². The number of rotatable bonds is 6. The molecule has 6 nitrogen and oxygen atoms in total. The number of hydrogen-bond donors (Lipinski definition) is 1. The summed E-state index contributed by atoms with van der Waals surface area (Å²) in [7, 11) is 1.54. The highest BCUT2D eigenvalue weighted by Gasteiger charge is 2.24. The van der Waals surface area contributed by atoms with Crippen molar-refractivity contribution >= 4 is 11.8 Å². The van der Waals surface area contributed by atoms with Gasteiger partial charge in [0.15, 0.2) is 18.1 Å². The Bertz CT molecular complexity index is 527. The van der Waals surface area contributed by atoms with Gasteiger partial charge in [0.05, 0.1) is 7.11 Å². The molecule has 0 aliphatic carbocycles. The number of amides is 2. The quantitative estimate of drug-likeness (QED) is 0.857. The minimum atomic E-state index is -0.535. The maximum atomic E-state index is 12.1. The summed E-state index contributed by atoms with van der Waals surface area (Å²) in [5, 5.41) is 2.67. The Morgan fingerprint density at radius 3 is 2.50 bits per heavy atom. The highest BCUT2D eigenvalue weighted by Crippen LogP contribution is 2.25. The van der Waals surface area contributed by atoms with Gasteiger partial charge in [-0.3, -0.25) is 9.59 Å². The highest BCUT2D eigenvalue weighted by atomic mass is 16.5. The summed E-state index contributed by atoms with van der Waals surface area (Å²) in [4.78, 5) is 25.8. The number of benzene rings is 1. The molecule has 1 aromatic rings. The van der Waals surface area contributed by atoms with Gasteiger partial charge in [-0.05, 0) is 31.9 Å². The third kappa shape index (κ3) is 4.13. The van der Waals surface area contributed by atoms with E-state index in [4.69, 9.17) is 9.47 Å². The van der Waals surface area contributed by atoms with Crippen LogP contribution >= 0.6 is 0 Å². The molecule has 0 saturated carbocycles. The van der Waals surface area contributed by atoms with E-state index >= 15 is 0 Å². The Labute approximate surface area is 130 Å². The lowest BCUT2D eigenvalue weighted by Crippen LogP contribution is -2.47. The molecular weight excluding hydrogens is 284 g/mol. The largest absolute Gasteiger partial charge is 0.493 e. The summed E-state index contributed by atoms with van der Waals surface area (Å²) in [6.45, 7) is 3.09. The van der Waals surface area contributed by atoms with E-state index < -0.39 is 6.04 Å². The molecule has 1 atom stereocenters. The molecule has 1 aliphatic rings. The first-order chi connectivity index (χ1) is 10.6. The smallest absolute Gasteiger partial charge is 0.258 e. The number of ether oxygens (including phenoxy) is 2. The Hall–Kier alpha value is -2.24. The summed E-state index contributed by atoms with van der Waals surface area (Å²) in [5.41, 5.74) is 0. The third-order valence-corrected chi connectivity index (χ3v) is 3.59. The molecule has 1 aliphatic heterocycles. The number of nitrogens with zero attached hydrogens (tertiary/aromatic N) is 1. The average molecular weight is 306 g/mol. The first-order valence-electron chi connectivity index (χ1n) is 7.46. The maximum absolute atomic E-state index is 12.1. The van der Waals surface area contributed by atoms with E-state index in [0.29, 0.717) is 11.5 Å². The molecule has 1 heterocycles. The van der Waals surface area contributed by atoms with Crippen molar-refractivity contribution in [2.24, 2.45) is 0 Å². The molecule has 0 unspecified atom stereocenters. The van der Waals surface area contributed by atoms with Crippen LogP contribution in [0.1, 0.15) is 19.8 Å². The molecule has 22 heavy (non-hydrogen) atoms. The summed E-state index contributed by atoms with van der Waals surface area (Å²) >= 11 is 0. The molecule has 1 fully saturated rings. The molecule has 1 aromatic carbocycles. The molecular formula is C16H22N2O4. The maximum Gasteiger partial charge on any atom is 0.258 e. The van der Waals surface area contributed by atoms with Crippen LogP contribution in [0.2, 0.25) is 0 Å². The van der Waals surface area contributed by atoms with E-state index in [1.807, 2.05) is 6.07 Å². The SMILES string of the molecule is COc1ccccc1OCC(=O)N[C@@H](C)C(=O)N1CCCC1. The molecule has 120 valence electrons. The van der Waals surface area contributed by atoms with Gasteiger partial charge in [0, 0.05) is 13.1 Å². The van der Waals surface area contributed by atoms with Crippen LogP contribution in [0.25, 0.3) is 0 Å². The van der Waals surface area contributed by atoms with Crippen molar-refractivity contribution in [3.8, 4) is 11.5 Å². The highest BCUT2D eigenvalue weighted by molar-refractivity contribution is 5.88. The molecule has 1 saturated heterocycles. The van der Waals surface area contributed by atoms with Crippen LogP contribution in [-0.2, 0) is 9.59 Å². The summed E-state index contributed by atoms with van der Waals surface area (Å²) in [6.07, 6.45) is 2.06. The van der Waals surface area contributed by atoms with Crippen LogP contribution in [0.3, 0.4) is 0 Å². The second-order valence-corrected chi connectivity index (χ2v) is 5.26. The standard InChI is InChI=1S/C16H22N2O4/c1-12(16(20)18-9-5-6-10-18)17-15(19)11-22-14-8-4-3-7-13(14)21-2/h3-4,7-8,12H,5-6,9-11H2,1-2H3,(H,17,19)/t12-/m0/s1. The number of nitrogens with one attached hydrogen (secondary N) is 1. The predicted octanol–water partition coefficient (Wildman–Crippen LogP) is 1.20. The number of carbonyl (C=O) groups excluding carboxylic acids is 2. The number of para-hydroxylation sites is 2. The van der Waals surface area contributed by atoms with Gasteiger partial charge in [-0.1, -0.05) is 12.1 Å². The topological polar surface area (TPSA) is 67.9 Å². The van der Waals surface area contributed by atoms with Crippen LogP contribution in [-0.4, -0.2) is 49.6 Å². The Morgan fingerprint density at radius 1 is 1.23 bits per heavy atom. The lowest BCUT2D eigenvalue weighted by atomic mass is 10.3. The zero-order valence-electron chi connectivity index (χ0n) is 13.0. The van der Waals surface area contributed by atoms with Gasteiger partial charge >= 0.3 is 0 Å². The van der Waals surface area contributed by atoms with Crippen molar-refractivity contribution < 1.29 is 19.1 Å². The van der Waals surface area contributed by atoms with E-state index in [1.165, 1.54) is 0 Å². The summed E-state index contributed by atoms with van der Waals surface area (Å²) in [5.74, 6) is 0.698. The third-order valence-electron chi connectivity index (χ3n) is 3.59. The van der Waals surface area contributed by atoms with Crippen molar-refractivity contribution in [2.45, 2.75) is 25.8 Å². The second kappa shape index (κ2) is 7.68. The molecule has 2 amide bonds. The fourth-order valence-corrected chi connectivity index (χ4v) is 2.44. The summed E-state index contributed by atoms with van der Waals surface area (Å²) in [6, 6.07) is 6.57. The number of methoxy groups -OCH3 is 1. The first kappa shape index (κ1) is 16.1. The van der Waals surface area contributed by atoms with Crippen molar-refractivity contribution in [1.82, 2.24) is 10.2 Å². The van der Waals surface area contributed by atoms with E-state index in [9.17, 15) is 9.59 Å². The van der Waals surface area contributed by atoms with Crippen molar-refractivity contribution in [3.63, 3.8) is 0 Å². The lowest BCUT2D eigenvalue weighted by Gasteiger charge is -2.21. The predicted molar refractivity (Wildman–Crippen MR) is 81.9 cm³/mol. The molecule has 6 heteroatoms. The second-order valence-electron chi connectivity index (χ2n) is 5.26. The van der Waals surface area contributed by atoms with Crippen LogP contribution in [0, 0.1) is 0 Å². The molecule has 1 N–H and O–H groups in total. The minimum absolute atomic E-state index is 0.0388. The number of hydrogen-bond acceptors (Lipinski definition) is 4. The lowest BCUT2D eigenvalue weighted by molar-refractivity contribution is -0.135. The zero-order valence-corrected chi connectivity index (χ0v) is 13.0. The van der Waals surface area contributed by atoms with Crippen LogP contribution < -0.4 is 14.8 Å². The summed E-state index contributed by atoms with van der Waals surface area (Å²) < 4.78 is 10.6. The Kier molecular flexibility index (Phi) is 5.63. The van der Waals surface area contributed by atoms with Gasteiger partial charge in [-0.2, -0.15) is 0 Å². The van der Waals surface area contributed by atoms with E-state index in [1.54, 1.807) is 37.1 Å². The molecule has 2 rings (SSSR count). The molecule has 0 spiro atoms.